The number of anilines is 1. The number of hydrogen-bond donors (Lipinski definition) is 1. The number of benzene rings is 1. The fraction of sp³-hybridized carbons (Fsp3) is 0.625. The third-order valence-corrected chi connectivity index (χ3v) is 8.19. The Labute approximate surface area is 236 Å². The first-order valence-corrected chi connectivity index (χ1v) is 15.5. The summed E-state index contributed by atoms with van der Waals surface area (Å²) in [7, 11) is 1.73. The Hall–Kier alpha value is -2.05. The molecule has 1 amide bonds. The van der Waals surface area contributed by atoms with Gasteiger partial charge in [-0.2, -0.15) is 0 Å². The van der Waals surface area contributed by atoms with Crippen LogP contribution >= 0.6 is 11.8 Å². The van der Waals surface area contributed by atoms with Crippen LogP contribution in [0.1, 0.15) is 90.5 Å². The van der Waals surface area contributed by atoms with Crippen LogP contribution in [0.25, 0.3) is 0 Å². The Balaban J connectivity index is 0.000000638. The molecule has 1 heterocycles. The van der Waals surface area contributed by atoms with Crippen molar-refractivity contribution in [3.8, 4) is 0 Å². The minimum atomic E-state index is -0.119. The summed E-state index contributed by atoms with van der Waals surface area (Å²) in [5.41, 5.74) is 3.41. The summed E-state index contributed by atoms with van der Waals surface area (Å²) >= 11 is 1.51. The van der Waals surface area contributed by atoms with Crippen LogP contribution in [0, 0.1) is 11.8 Å². The predicted molar refractivity (Wildman–Crippen MR) is 166 cm³/mol. The van der Waals surface area contributed by atoms with Crippen molar-refractivity contribution >= 4 is 28.5 Å². The van der Waals surface area contributed by atoms with Crippen molar-refractivity contribution < 1.29 is 9.53 Å². The minimum Gasteiger partial charge on any atom is -0.381 e. The highest BCUT2D eigenvalue weighted by Crippen LogP contribution is 2.33. The summed E-state index contributed by atoms with van der Waals surface area (Å²) in [5.74, 6) is 0.734. The number of nitrogens with one attached hydrogen (secondary N) is 1. The van der Waals surface area contributed by atoms with Crippen LogP contribution in [0.2, 0.25) is 0 Å². The summed E-state index contributed by atoms with van der Waals surface area (Å²) in [6, 6.07) is 8.53. The van der Waals surface area contributed by atoms with Crippen LogP contribution < -0.4 is 10.2 Å². The van der Waals surface area contributed by atoms with Crippen molar-refractivity contribution in [1.82, 2.24) is 5.32 Å². The minimum absolute atomic E-state index is 0.0157. The summed E-state index contributed by atoms with van der Waals surface area (Å²) in [6.45, 7) is 17.3. The first-order valence-electron chi connectivity index (χ1n) is 14.7. The number of carbonyl (C=O) groups excluding carboxylic acids is 1. The first kappa shape index (κ1) is 32.2. The molecule has 3 rings (SSSR count). The van der Waals surface area contributed by atoms with E-state index in [1.807, 2.05) is 0 Å². The molecule has 1 saturated carbocycles. The highest BCUT2D eigenvalue weighted by molar-refractivity contribution is 8.17. The monoisotopic (exact) mass is 541 g/mol. The van der Waals surface area contributed by atoms with Gasteiger partial charge in [-0.05, 0) is 60.6 Å². The molecule has 5 nitrogen and oxygen atoms in total. The lowest BCUT2D eigenvalue weighted by molar-refractivity contribution is -0.122. The number of aliphatic imine (C=N–C) groups is 1. The number of thioether (sulfide) groups is 1. The highest BCUT2D eigenvalue weighted by Gasteiger charge is 2.32. The van der Waals surface area contributed by atoms with Gasteiger partial charge in [0.1, 0.15) is 0 Å². The maximum atomic E-state index is 12.9. The van der Waals surface area contributed by atoms with E-state index in [0.717, 1.165) is 61.1 Å². The molecule has 2 fully saturated rings. The lowest BCUT2D eigenvalue weighted by atomic mass is 9.86. The van der Waals surface area contributed by atoms with Crippen LogP contribution in [0.4, 0.5) is 5.69 Å². The van der Waals surface area contributed by atoms with Crippen LogP contribution in [0.5, 0.6) is 0 Å². The maximum Gasteiger partial charge on any atom is 0.231 e. The second kappa shape index (κ2) is 18.3. The van der Waals surface area contributed by atoms with Gasteiger partial charge in [0.15, 0.2) is 5.17 Å². The van der Waals surface area contributed by atoms with Gasteiger partial charge < -0.3 is 15.0 Å². The molecule has 1 aromatic carbocycles. The molecule has 0 aromatic heterocycles. The topological polar surface area (TPSA) is 53.9 Å². The van der Waals surface area contributed by atoms with Crippen LogP contribution in [0.3, 0.4) is 0 Å². The molecular formula is C32H51N3O2S. The number of hydrogen-bond acceptors (Lipinski definition) is 5. The largest absolute Gasteiger partial charge is 0.381 e. The first-order chi connectivity index (χ1) is 18.4. The van der Waals surface area contributed by atoms with Crippen LogP contribution in [-0.2, 0) is 16.0 Å². The molecule has 0 bridgehead atoms. The SMILES string of the molecule is C=C(CCC1CCCCC1)SC(=NC)NC(=O)C1CC(=C)N(c2ccc(CC)cc2)C1.CCCOCCC. The van der Waals surface area contributed by atoms with E-state index in [2.05, 4.69) is 73.4 Å². The molecule has 1 aromatic rings. The van der Waals surface area contributed by atoms with E-state index in [0.29, 0.717) is 18.1 Å². The average Bonchev–Trinajstić information content (AvgIpc) is 3.34. The van der Waals surface area contributed by atoms with Gasteiger partial charge in [0.05, 0.1) is 5.92 Å². The van der Waals surface area contributed by atoms with Gasteiger partial charge >= 0.3 is 0 Å². The lowest BCUT2D eigenvalue weighted by Crippen LogP contribution is -2.35. The molecule has 212 valence electrons. The standard InChI is InChI=1S/C26H37N3OS.C6H14O/c1-5-21-13-15-24(16-14-21)29-18-23(17-19(29)2)25(30)28-26(27-4)31-20(3)11-12-22-9-7-6-8-10-22;1-3-5-7-6-4-2/h13-16,22-23H,2-3,5-12,17-18H2,1,4H3,(H,27,28,30);3-6H2,1-2H3. The van der Waals surface area contributed by atoms with E-state index in [4.69, 9.17) is 4.74 Å². The summed E-state index contributed by atoms with van der Waals surface area (Å²) in [5, 5.41) is 3.68. The zero-order valence-corrected chi connectivity index (χ0v) is 25.2. The van der Waals surface area contributed by atoms with Crippen molar-refractivity contribution in [3.05, 3.63) is 53.6 Å². The molecule has 0 radical (unpaired) electrons. The highest BCUT2D eigenvalue weighted by atomic mass is 32.2. The summed E-state index contributed by atoms with van der Waals surface area (Å²) < 4.78 is 5.13. The van der Waals surface area contributed by atoms with Crippen molar-refractivity contribution in [2.45, 2.75) is 91.4 Å². The van der Waals surface area contributed by atoms with Gasteiger partial charge in [-0.1, -0.05) is 89.9 Å². The van der Waals surface area contributed by atoms with Crippen molar-refractivity contribution in [3.63, 3.8) is 0 Å². The van der Waals surface area contributed by atoms with Crippen LogP contribution in [0.15, 0.2) is 53.0 Å². The third-order valence-electron chi connectivity index (χ3n) is 7.22. The maximum absolute atomic E-state index is 12.9. The van der Waals surface area contributed by atoms with E-state index < -0.39 is 0 Å². The fourth-order valence-corrected chi connectivity index (χ4v) is 5.67. The van der Waals surface area contributed by atoms with E-state index in [1.165, 1.54) is 55.9 Å². The molecule has 1 atom stereocenters. The Bertz CT molecular complexity index is 886. The van der Waals surface area contributed by atoms with E-state index in [1.54, 1.807) is 7.05 Å². The molecular weight excluding hydrogens is 490 g/mol. The number of carbonyl (C=O) groups is 1. The van der Waals surface area contributed by atoms with Gasteiger partial charge in [-0.25, -0.2) is 0 Å². The Morgan fingerprint density at radius 3 is 2.34 bits per heavy atom. The Morgan fingerprint density at radius 2 is 1.76 bits per heavy atom. The number of aryl methyl sites for hydroxylation is 1. The molecule has 1 N–H and O–H groups in total. The molecule has 0 spiro atoms. The fourth-order valence-electron chi connectivity index (χ4n) is 4.94. The molecule has 1 unspecified atom stereocenters. The zero-order chi connectivity index (χ0) is 27.8. The van der Waals surface area contributed by atoms with E-state index in [9.17, 15) is 4.79 Å². The van der Waals surface area contributed by atoms with Gasteiger partial charge in [-0.3, -0.25) is 9.79 Å². The smallest absolute Gasteiger partial charge is 0.231 e. The van der Waals surface area contributed by atoms with Gasteiger partial charge in [-0.15, -0.1) is 0 Å². The number of nitrogens with zero attached hydrogens (tertiary/aromatic N) is 2. The van der Waals surface area contributed by atoms with Gasteiger partial charge in [0.25, 0.3) is 0 Å². The van der Waals surface area contributed by atoms with Crippen LogP contribution in [-0.4, -0.2) is 37.9 Å². The van der Waals surface area contributed by atoms with E-state index >= 15 is 0 Å². The van der Waals surface area contributed by atoms with Crippen molar-refractivity contribution in [1.29, 1.82) is 0 Å². The van der Waals surface area contributed by atoms with Gasteiger partial charge in [0, 0.05) is 44.6 Å². The number of allylic oxidation sites excluding steroid dienone is 2. The molecule has 38 heavy (non-hydrogen) atoms. The molecule has 1 aliphatic heterocycles. The normalized spacial score (nSPS) is 18.2. The predicted octanol–water partition coefficient (Wildman–Crippen LogP) is 8.12. The quantitative estimate of drug-likeness (QED) is 0.175. The number of rotatable bonds is 11. The summed E-state index contributed by atoms with van der Waals surface area (Å²) in [4.78, 5) is 20.5. The number of amides is 1. The van der Waals surface area contributed by atoms with Gasteiger partial charge in [0.2, 0.25) is 5.91 Å². The Kier molecular flexibility index (Phi) is 15.5. The lowest BCUT2D eigenvalue weighted by Gasteiger charge is -2.21. The molecule has 1 saturated heterocycles. The molecule has 6 heteroatoms. The second-order valence-corrected chi connectivity index (χ2v) is 11.6. The zero-order valence-electron chi connectivity index (χ0n) is 24.4. The number of amidine groups is 1. The van der Waals surface area contributed by atoms with E-state index in [-0.39, 0.29) is 11.8 Å². The Morgan fingerprint density at radius 1 is 1.11 bits per heavy atom. The summed E-state index contributed by atoms with van der Waals surface area (Å²) in [6.07, 6.45) is 13.0. The number of ether oxygens (including phenoxy) is 1. The van der Waals surface area contributed by atoms with Crippen molar-refractivity contribution in [2.75, 3.05) is 31.7 Å². The second-order valence-electron chi connectivity index (χ2n) is 10.4. The third kappa shape index (κ3) is 11.4. The molecule has 2 aliphatic rings. The average molecular weight is 542 g/mol. The molecule has 1 aliphatic carbocycles. The van der Waals surface area contributed by atoms with Crippen molar-refractivity contribution in [2.24, 2.45) is 16.8 Å².